The fourth-order valence-corrected chi connectivity index (χ4v) is 4.93. The first-order valence-corrected chi connectivity index (χ1v) is 11.0. The van der Waals surface area contributed by atoms with Crippen LogP contribution in [-0.2, 0) is 4.79 Å². The van der Waals surface area contributed by atoms with E-state index in [4.69, 9.17) is 4.74 Å². The molecular weight excluding hydrogens is 423 g/mol. The number of likely N-dealkylation sites (tertiary alicyclic amines) is 1. The van der Waals surface area contributed by atoms with Crippen LogP contribution in [0.4, 0.5) is 27.4 Å². The summed E-state index contributed by atoms with van der Waals surface area (Å²) in [6.45, 7) is 1.85. The lowest BCUT2D eigenvalue weighted by molar-refractivity contribution is -0.118. The van der Waals surface area contributed by atoms with Gasteiger partial charge in [-0.1, -0.05) is 0 Å². The number of carbonyl (C=O) groups excluding carboxylic acids is 1. The van der Waals surface area contributed by atoms with Crippen LogP contribution in [0.15, 0.2) is 48.7 Å². The van der Waals surface area contributed by atoms with E-state index < -0.39 is 0 Å². The van der Waals surface area contributed by atoms with E-state index in [0.717, 1.165) is 25.1 Å². The van der Waals surface area contributed by atoms with Crippen LogP contribution in [0.1, 0.15) is 6.42 Å². The van der Waals surface area contributed by atoms with Gasteiger partial charge in [0.1, 0.15) is 11.6 Å². The van der Waals surface area contributed by atoms with Crippen LogP contribution in [0.25, 0.3) is 11.3 Å². The predicted octanol–water partition coefficient (Wildman–Crippen LogP) is 3.25. The Morgan fingerprint density at radius 2 is 2.06 bits per heavy atom. The summed E-state index contributed by atoms with van der Waals surface area (Å²) in [6.07, 6.45) is 2.73. The lowest BCUT2D eigenvalue weighted by Crippen LogP contribution is -2.44. The third-order valence-corrected chi connectivity index (χ3v) is 6.59. The van der Waals surface area contributed by atoms with Crippen LogP contribution in [0, 0.1) is 5.82 Å². The molecule has 0 radical (unpaired) electrons. The van der Waals surface area contributed by atoms with Crippen molar-refractivity contribution in [3.05, 3.63) is 54.5 Å². The first-order valence-electron chi connectivity index (χ1n) is 11.0. The minimum absolute atomic E-state index is 0.0132. The van der Waals surface area contributed by atoms with Crippen molar-refractivity contribution in [2.45, 2.75) is 18.5 Å². The number of halogens is 1. The molecule has 33 heavy (non-hydrogen) atoms. The normalized spacial score (nSPS) is 21.5. The largest absolute Gasteiger partial charge is 0.482 e. The summed E-state index contributed by atoms with van der Waals surface area (Å²) in [5.74, 6) is 0.541. The van der Waals surface area contributed by atoms with Crippen LogP contribution in [0.2, 0.25) is 0 Å². The number of ether oxygens (including phenoxy) is 1. The molecule has 1 aromatic heterocycles. The first-order chi connectivity index (χ1) is 16.0. The number of hydrogen-bond donors (Lipinski definition) is 2. The highest BCUT2D eigenvalue weighted by molar-refractivity contribution is 5.96. The summed E-state index contributed by atoms with van der Waals surface area (Å²) in [6, 6.07) is 13.3. The molecule has 0 spiro atoms. The van der Waals surface area contributed by atoms with Crippen molar-refractivity contribution in [1.82, 2.24) is 14.9 Å². The van der Waals surface area contributed by atoms with Crippen LogP contribution in [0.5, 0.6) is 5.75 Å². The van der Waals surface area contributed by atoms with Gasteiger partial charge in [0, 0.05) is 42.6 Å². The molecule has 3 aromatic rings. The Labute approximate surface area is 190 Å². The van der Waals surface area contributed by atoms with Crippen LogP contribution in [0.3, 0.4) is 0 Å². The molecule has 1 amide bonds. The first kappa shape index (κ1) is 19.9. The minimum Gasteiger partial charge on any atom is -0.482 e. The predicted molar refractivity (Wildman–Crippen MR) is 123 cm³/mol. The van der Waals surface area contributed by atoms with Crippen molar-refractivity contribution in [1.29, 1.82) is 0 Å². The number of carbonyl (C=O) groups is 1. The highest BCUT2D eigenvalue weighted by Gasteiger charge is 2.42. The molecule has 168 valence electrons. The minimum atomic E-state index is -0.253. The van der Waals surface area contributed by atoms with Gasteiger partial charge in [-0.15, -0.1) is 0 Å². The number of rotatable bonds is 4. The van der Waals surface area contributed by atoms with Gasteiger partial charge in [0.25, 0.3) is 5.91 Å². The van der Waals surface area contributed by atoms with E-state index >= 15 is 0 Å². The van der Waals surface area contributed by atoms with Crippen LogP contribution in [-0.4, -0.2) is 59.6 Å². The van der Waals surface area contributed by atoms with E-state index in [1.807, 2.05) is 24.3 Å². The quantitative estimate of drug-likeness (QED) is 0.637. The highest BCUT2D eigenvalue weighted by Crippen LogP contribution is 2.36. The monoisotopic (exact) mass is 446 g/mol. The van der Waals surface area contributed by atoms with E-state index in [0.29, 0.717) is 46.5 Å². The Morgan fingerprint density at radius 3 is 2.85 bits per heavy atom. The maximum Gasteiger partial charge on any atom is 0.262 e. The van der Waals surface area contributed by atoms with E-state index in [2.05, 4.69) is 37.4 Å². The van der Waals surface area contributed by atoms with Crippen molar-refractivity contribution in [3.8, 4) is 17.0 Å². The Hall–Kier alpha value is -3.72. The Bertz CT molecular complexity index is 1250. The van der Waals surface area contributed by atoms with Gasteiger partial charge >= 0.3 is 0 Å². The fourth-order valence-electron chi connectivity index (χ4n) is 4.93. The number of amides is 1. The molecule has 2 atom stereocenters. The second-order valence-corrected chi connectivity index (χ2v) is 8.74. The zero-order valence-electron chi connectivity index (χ0n) is 18.1. The smallest absolute Gasteiger partial charge is 0.262 e. The molecule has 2 unspecified atom stereocenters. The fraction of sp³-hybridized carbons (Fsp3) is 0.292. The van der Waals surface area contributed by atoms with Gasteiger partial charge in [0.05, 0.1) is 17.1 Å². The number of fused-ring (bicyclic) bond motifs is 3. The number of nitrogens with one attached hydrogen (secondary N) is 2. The van der Waals surface area contributed by atoms with Gasteiger partial charge in [-0.2, -0.15) is 0 Å². The number of hydrogen-bond acceptors (Lipinski definition) is 7. The van der Waals surface area contributed by atoms with E-state index in [-0.39, 0.29) is 18.3 Å². The molecule has 2 bridgehead atoms. The Kier molecular flexibility index (Phi) is 4.65. The summed E-state index contributed by atoms with van der Waals surface area (Å²) in [5.41, 5.74) is 3.32. The lowest BCUT2D eigenvalue weighted by atomic mass is 10.1. The molecule has 2 saturated heterocycles. The van der Waals surface area contributed by atoms with Gasteiger partial charge in [0.15, 0.2) is 6.61 Å². The molecular formula is C24H23FN6O2. The average molecular weight is 446 g/mol. The molecule has 0 saturated carbocycles. The SMILES string of the molecule is CN1CC2CC1CN2c1ccc(Nc2nccc(-c3ccc4c(c3)NC(=O)CO4)n2)cc1F. The van der Waals surface area contributed by atoms with Crippen molar-refractivity contribution < 1.29 is 13.9 Å². The van der Waals surface area contributed by atoms with Crippen LogP contribution >= 0.6 is 0 Å². The second kappa shape index (κ2) is 7.70. The molecule has 0 aliphatic carbocycles. The van der Waals surface area contributed by atoms with E-state index in [1.165, 1.54) is 6.07 Å². The molecule has 9 heteroatoms. The van der Waals surface area contributed by atoms with Crippen molar-refractivity contribution in [2.75, 3.05) is 42.3 Å². The van der Waals surface area contributed by atoms with E-state index in [9.17, 15) is 9.18 Å². The van der Waals surface area contributed by atoms with Gasteiger partial charge in [-0.25, -0.2) is 14.4 Å². The number of likely N-dealkylation sites (N-methyl/N-ethyl adjacent to an activating group) is 1. The lowest BCUT2D eigenvalue weighted by Gasteiger charge is -2.33. The second-order valence-electron chi connectivity index (χ2n) is 8.74. The third-order valence-electron chi connectivity index (χ3n) is 6.59. The van der Waals surface area contributed by atoms with Crippen molar-refractivity contribution >= 4 is 28.9 Å². The summed E-state index contributed by atoms with van der Waals surface area (Å²) in [7, 11) is 2.13. The zero-order valence-corrected chi connectivity index (χ0v) is 18.1. The highest BCUT2D eigenvalue weighted by atomic mass is 19.1. The maximum absolute atomic E-state index is 15.0. The molecule has 3 aliphatic rings. The van der Waals surface area contributed by atoms with Gasteiger partial charge in [-0.3, -0.25) is 9.69 Å². The Morgan fingerprint density at radius 1 is 1.15 bits per heavy atom. The average Bonchev–Trinajstić information content (AvgIpc) is 3.38. The molecule has 6 rings (SSSR count). The summed E-state index contributed by atoms with van der Waals surface area (Å²) < 4.78 is 20.4. The Balaban J connectivity index is 1.21. The topological polar surface area (TPSA) is 82.6 Å². The standard InChI is InChI=1S/C24H23FN6O2/c1-30-11-17-10-16(30)12-31(17)21-4-3-15(9-18(21)25)27-24-26-7-6-19(29-24)14-2-5-22-20(8-14)28-23(32)13-33-22/h2-9,16-17H,10-13H2,1H3,(H,28,32)(H,26,27,29). The zero-order chi connectivity index (χ0) is 22.5. The number of anilines is 4. The molecule has 2 aromatic carbocycles. The van der Waals surface area contributed by atoms with Gasteiger partial charge in [-0.05, 0) is 55.9 Å². The molecule has 4 heterocycles. The number of piperazine rings is 1. The molecule has 8 nitrogen and oxygen atoms in total. The van der Waals surface area contributed by atoms with E-state index in [1.54, 1.807) is 18.3 Å². The van der Waals surface area contributed by atoms with Gasteiger partial charge < -0.3 is 20.3 Å². The number of aromatic nitrogens is 2. The molecule has 2 fully saturated rings. The van der Waals surface area contributed by atoms with Gasteiger partial charge in [0.2, 0.25) is 5.95 Å². The molecule has 3 aliphatic heterocycles. The number of benzene rings is 2. The van der Waals surface area contributed by atoms with Crippen molar-refractivity contribution in [3.63, 3.8) is 0 Å². The maximum atomic E-state index is 15.0. The third kappa shape index (κ3) is 3.64. The van der Waals surface area contributed by atoms with Crippen molar-refractivity contribution in [2.24, 2.45) is 0 Å². The summed E-state index contributed by atoms with van der Waals surface area (Å²) >= 11 is 0. The summed E-state index contributed by atoms with van der Waals surface area (Å²) in [4.78, 5) is 25.0. The number of nitrogens with zero attached hydrogens (tertiary/aromatic N) is 4. The van der Waals surface area contributed by atoms with Crippen LogP contribution < -0.4 is 20.3 Å². The molecule has 2 N–H and O–H groups in total. The summed E-state index contributed by atoms with van der Waals surface area (Å²) in [5, 5.41) is 5.90.